The summed E-state index contributed by atoms with van der Waals surface area (Å²) in [5.41, 5.74) is 6.49. The molecule has 1 amide bonds. The summed E-state index contributed by atoms with van der Waals surface area (Å²) >= 11 is 6.17. The summed E-state index contributed by atoms with van der Waals surface area (Å²) in [5.74, 6) is -1.63. The summed E-state index contributed by atoms with van der Waals surface area (Å²) in [4.78, 5) is 12.2. The van der Waals surface area contributed by atoms with Crippen LogP contribution in [0.25, 0.3) is 0 Å². The van der Waals surface area contributed by atoms with Crippen LogP contribution in [0, 0.1) is 18.6 Å². The zero-order chi connectivity index (χ0) is 15.7. The Morgan fingerprint density at radius 3 is 2.43 bits per heavy atom. The summed E-state index contributed by atoms with van der Waals surface area (Å²) in [5, 5.41) is 2.57. The predicted octanol–water partition coefficient (Wildman–Crippen LogP) is 4.63. The van der Waals surface area contributed by atoms with E-state index in [1.165, 1.54) is 12.1 Å². The Morgan fingerprint density at radius 1 is 1.10 bits per heavy atom. The van der Waals surface area contributed by atoms with Crippen molar-refractivity contribution in [2.24, 2.45) is 0 Å². The monoisotopic (exact) mass is 418 g/mol. The summed E-state index contributed by atoms with van der Waals surface area (Å²) in [7, 11) is 0. The van der Waals surface area contributed by atoms with Gasteiger partial charge in [-0.3, -0.25) is 4.79 Å². The van der Waals surface area contributed by atoms with Gasteiger partial charge in [-0.05, 0) is 68.6 Å². The third kappa shape index (κ3) is 3.41. The summed E-state index contributed by atoms with van der Waals surface area (Å²) < 4.78 is 27.4. The number of halogens is 4. The number of amides is 1. The molecule has 0 heterocycles. The van der Waals surface area contributed by atoms with E-state index in [2.05, 4.69) is 37.2 Å². The molecule has 0 unspecified atom stereocenters. The summed E-state index contributed by atoms with van der Waals surface area (Å²) in [6.45, 7) is 1.73. The van der Waals surface area contributed by atoms with Gasteiger partial charge in [-0.25, -0.2) is 8.78 Å². The van der Waals surface area contributed by atoms with Gasteiger partial charge in [0.25, 0.3) is 5.91 Å². The molecule has 3 nitrogen and oxygen atoms in total. The molecule has 2 rings (SSSR count). The molecule has 0 fully saturated rings. The highest BCUT2D eigenvalue weighted by Crippen LogP contribution is 2.27. The lowest BCUT2D eigenvalue weighted by Crippen LogP contribution is -2.14. The standard InChI is InChI=1S/C14H10Br2F2N2O/c1-6-2-9(16)10(17)5-13(6)20-14(21)7-3-12(19)11(18)4-8(7)15/h2-5H,19H2,1H3,(H,20,21). The molecule has 3 N–H and O–H groups in total. The Morgan fingerprint density at radius 2 is 1.76 bits per heavy atom. The number of hydrogen-bond donors (Lipinski definition) is 2. The van der Waals surface area contributed by atoms with Crippen LogP contribution in [0.15, 0.2) is 33.2 Å². The van der Waals surface area contributed by atoms with Crippen LogP contribution in [-0.4, -0.2) is 5.91 Å². The number of aryl methyl sites for hydroxylation is 1. The number of anilines is 2. The van der Waals surface area contributed by atoms with Crippen molar-refractivity contribution >= 4 is 49.1 Å². The highest BCUT2D eigenvalue weighted by molar-refractivity contribution is 9.10. The molecule has 0 radical (unpaired) electrons. The molecule has 21 heavy (non-hydrogen) atoms. The maximum atomic E-state index is 13.5. The van der Waals surface area contributed by atoms with Crippen LogP contribution in [0.2, 0.25) is 0 Å². The average molecular weight is 420 g/mol. The minimum atomic E-state index is -0.621. The van der Waals surface area contributed by atoms with E-state index in [4.69, 9.17) is 5.73 Å². The van der Waals surface area contributed by atoms with Crippen molar-refractivity contribution in [2.45, 2.75) is 6.92 Å². The van der Waals surface area contributed by atoms with Gasteiger partial charge in [0.2, 0.25) is 0 Å². The van der Waals surface area contributed by atoms with Gasteiger partial charge >= 0.3 is 0 Å². The van der Waals surface area contributed by atoms with Crippen LogP contribution in [0.5, 0.6) is 0 Å². The van der Waals surface area contributed by atoms with Crippen molar-refractivity contribution in [1.82, 2.24) is 0 Å². The van der Waals surface area contributed by atoms with Crippen LogP contribution < -0.4 is 11.1 Å². The number of nitrogens with two attached hydrogens (primary N) is 1. The Labute approximate surface area is 136 Å². The van der Waals surface area contributed by atoms with Gasteiger partial charge in [-0.15, -0.1) is 0 Å². The van der Waals surface area contributed by atoms with Crippen LogP contribution in [-0.2, 0) is 0 Å². The van der Waals surface area contributed by atoms with Gasteiger partial charge in [-0.1, -0.05) is 0 Å². The number of benzene rings is 2. The topological polar surface area (TPSA) is 55.1 Å². The highest BCUT2D eigenvalue weighted by atomic mass is 79.9. The molecule has 0 aliphatic rings. The maximum absolute atomic E-state index is 13.5. The quantitative estimate of drug-likeness (QED) is 0.697. The molecule has 0 atom stereocenters. The van der Waals surface area contributed by atoms with E-state index < -0.39 is 17.5 Å². The third-order valence-electron chi connectivity index (χ3n) is 2.85. The number of nitrogens with one attached hydrogen (secondary N) is 1. The maximum Gasteiger partial charge on any atom is 0.256 e. The zero-order valence-electron chi connectivity index (χ0n) is 10.8. The van der Waals surface area contributed by atoms with Crippen molar-refractivity contribution in [3.63, 3.8) is 0 Å². The second kappa shape index (κ2) is 6.11. The molecule has 110 valence electrons. The van der Waals surface area contributed by atoms with Gasteiger partial charge in [0, 0.05) is 10.2 Å². The minimum absolute atomic E-state index is 0.137. The molecule has 0 saturated carbocycles. The lowest BCUT2D eigenvalue weighted by atomic mass is 10.1. The van der Waals surface area contributed by atoms with E-state index >= 15 is 0 Å². The number of carbonyl (C=O) groups excluding carboxylic acids is 1. The van der Waals surface area contributed by atoms with Gasteiger partial charge in [0.05, 0.1) is 15.7 Å². The van der Waals surface area contributed by atoms with Gasteiger partial charge < -0.3 is 11.1 Å². The molecular weight excluding hydrogens is 410 g/mol. The first-order chi connectivity index (χ1) is 9.79. The molecule has 0 aromatic heterocycles. The molecule has 0 spiro atoms. The van der Waals surface area contributed by atoms with Crippen LogP contribution in [0.1, 0.15) is 15.9 Å². The van der Waals surface area contributed by atoms with E-state index in [9.17, 15) is 13.6 Å². The fourth-order valence-corrected chi connectivity index (χ4v) is 2.66. The van der Waals surface area contributed by atoms with E-state index in [0.717, 1.165) is 6.07 Å². The van der Waals surface area contributed by atoms with Crippen molar-refractivity contribution in [2.75, 3.05) is 11.1 Å². The first-order valence-corrected chi connectivity index (χ1v) is 7.39. The van der Waals surface area contributed by atoms with Crippen molar-refractivity contribution in [1.29, 1.82) is 0 Å². The molecule has 0 aliphatic carbocycles. The molecular formula is C14H10Br2F2N2O. The lowest BCUT2D eigenvalue weighted by Gasteiger charge is -2.11. The molecule has 2 aromatic carbocycles. The predicted molar refractivity (Wildman–Crippen MR) is 85.3 cm³/mol. The van der Waals surface area contributed by atoms with Gasteiger partial charge in [0.1, 0.15) is 11.6 Å². The number of rotatable bonds is 2. The molecule has 0 aliphatic heterocycles. The normalized spacial score (nSPS) is 10.5. The fourth-order valence-electron chi connectivity index (χ4n) is 1.71. The number of nitrogen functional groups attached to an aromatic ring is 1. The first kappa shape index (κ1) is 15.9. The van der Waals surface area contributed by atoms with Gasteiger partial charge in [0.15, 0.2) is 0 Å². The highest BCUT2D eigenvalue weighted by Gasteiger charge is 2.15. The smallest absolute Gasteiger partial charge is 0.256 e. The Kier molecular flexibility index (Phi) is 4.63. The third-order valence-corrected chi connectivity index (χ3v) is 4.11. The second-order valence-corrected chi connectivity index (χ2v) is 6.10. The molecule has 0 bridgehead atoms. The fraction of sp³-hybridized carbons (Fsp3) is 0.0714. The van der Waals surface area contributed by atoms with Crippen LogP contribution in [0.4, 0.5) is 20.2 Å². The Bertz CT molecular complexity index is 735. The van der Waals surface area contributed by atoms with Crippen LogP contribution in [0.3, 0.4) is 0 Å². The van der Waals surface area contributed by atoms with E-state index in [1.807, 2.05) is 0 Å². The van der Waals surface area contributed by atoms with Crippen molar-refractivity contribution in [3.05, 3.63) is 56.0 Å². The largest absolute Gasteiger partial charge is 0.396 e. The molecule has 7 heteroatoms. The van der Waals surface area contributed by atoms with E-state index in [-0.39, 0.29) is 15.7 Å². The Balaban J connectivity index is 2.35. The van der Waals surface area contributed by atoms with E-state index in [0.29, 0.717) is 15.7 Å². The molecule has 2 aromatic rings. The SMILES string of the molecule is Cc1cc(Br)c(F)cc1NC(=O)c1cc(N)c(F)cc1Br. The van der Waals surface area contributed by atoms with Crippen molar-refractivity contribution < 1.29 is 13.6 Å². The minimum Gasteiger partial charge on any atom is -0.396 e. The first-order valence-electron chi connectivity index (χ1n) is 5.81. The second-order valence-electron chi connectivity index (χ2n) is 4.39. The zero-order valence-corrected chi connectivity index (χ0v) is 14.0. The average Bonchev–Trinajstić information content (AvgIpc) is 2.40. The summed E-state index contributed by atoms with van der Waals surface area (Å²) in [6.07, 6.45) is 0. The van der Waals surface area contributed by atoms with Crippen LogP contribution >= 0.6 is 31.9 Å². The molecule has 0 saturated heterocycles. The van der Waals surface area contributed by atoms with Gasteiger partial charge in [-0.2, -0.15) is 0 Å². The number of hydrogen-bond acceptors (Lipinski definition) is 2. The van der Waals surface area contributed by atoms with Crippen molar-refractivity contribution in [3.8, 4) is 0 Å². The number of carbonyl (C=O) groups is 1. The lowest BCUT2D eigenvalue weighted by molar-refractivity contribution is 0.102. The summed E-state index contributed by atoms with van der Waals surface area (Å²) in [6, 6.07) is 5.09. The van der Waals surface area contributed by atoms with E-state index in [1.54, 1.807) is 13.0 Å². The Hall–Kier alpha value is -1.47.